The van der Waals surface area contributed by atoms with Gasteiger partial charge in [0.15, 0.2) is 0 Å². The summed E-state index contributed by atoms with van der Waals surface area (Å²) in [4.78, 5) is 11.1. The van der Waals surface area contributed by atoms with Crippen LogP contribution in [0.3, 0.4) is 0 Å². The fourth-order valence-electron chi connectivity index (χ4n) is 5.08. The van der Waals surface area contributed by atoms with Crippen molar-refractivity contribution in [2.45, 2.75) is 113 Å². The maximum atomic E-state index is 11.1. The van der Waals surface area contributed by atoms with Gasteiger partial charge in [-0.3, -0.25) is 0 Å². The van der Waals surface area contributed by atoms with Crippen LogP contribution < -0.4 is 9.47 Å². The Morgan fingerprint density at radius 1 is 0.698 bits per heavy atom. The van der Waals surface area contributed by atoms with E-state index in [4.69, 9.17) is 61.0 Å². The van der Waals surface area contributed by atoms with Gasteiger partial charge in [0.25, 0.3) is 0 Å². The number of alkyl halides is 3. The lowest BCUT2D eigenvalue weighted by molar-refractivity contribution is -0.138. The smallest absolute Gasteiger partial charge is 0.340 e. The van der Waals surface area contributed by atoms with E-state index in [0.29, 0.717) is 23.1 Å². The van der Waals surface area contributed by atoms with Crippen LogP contribution in [0.4, 0.5) is 0 Å². The van der Waals surface area contributed by atoms with Crippen molar-refractivity contribution >= 4 is 68.3 Å². The van der Waals surface area contributed by atoms with Crippen molar-refractivity contribution in [1.29, 1.82) is 0 Å². The number of carboxylic acid groups (broad SMARTS) is 1. The average Bonchev–Trinajstić information content (AvgIpc) is 2.98. The molecule has 4 nitrogen and oxygen atoms in total. The van der Waals surface area contributed by atoms with Crippen LogP contribution in [0.2, 0.25) is 10.0 Å². The summed E-state index contributed by atoms with van der Waals surface area (Å²) in [6.45, 7) is 0.565. The van der Waals surface area contributed by atoms with Gasteiger partial charge < -0.3 is 14.6 Å². The zero-order valence-corrected chi connectivity index (χ0v) is 29.7. The molecule has 0 fully saturated rings. The molecule has 2 unspecified atom stereocenters. The lowest BCUT2D eigenvalue weighted by atomic mass is 9.91. The largest absolute Gasteiger partial charge is 0.493 e. The molecule has 0 heterocycles. The number of carbonyl (C=O) groups is 1. The normalized spacial score (nSPS) is 13.0. The van der Waals surface area contributed by atoms with Crippen LogP contribution in [0.25, 0.3) is 0 Å². The molecule has 0 aliphatic heterocycles. The van der Waals surface area contributed by atoms with Gasteiger partial charge in [0.1, 0.15) is 17.6 Å². The molecule has 2 aromatic carbocycles. The van der Waals surface area contributed by atoms with E-state index in [1.54, 1.807) is 0 Å². The van der Waals surface area contributed by atoms with Crippen LogP contribution in [-0.4, -0.2) is 33.5 Å². The SMILES string of the molecule is O=C(O)C(Cl)(Cl)CCCCCCCCC(COc1ccc(Cl)cc1)C(CCCCCCCCCBr)Oc1ccc(Cl)cc1. The van der Waals surface area contributed by atoms with E-state index < -0.39 is 10.3 Å². The van der Waals surface area contributed by atoms with Crippen LogP contribution in [-0.2, 0) is 4.79 Å². The third-order valence-electron chi connectivity index (χ3n) is 7.66. The minimum Gasteiger partial charge on any atom is -0.493 e. The first-order chi connectivity index (χ1) is 20.7. The first-order valence-electron chi connectivity index (χ1n) is 15.7. The van der Waals surface area contributed by atoms with Crippen LogP contribution in [0.1, 0.15) is 103 Å². The van der Waals surface area contributed by atoms with E-state index in [0.717, 1.165) is 68.2 Å². The molecule has 0 saturated heterocycles. The monoisotopic (exact) mass is 738 g/mol. The van der Waals surface area contributed by atoms with E-state index in [-0.39, 0.29) is 18.4 Å². The van der Waals surface area contributed by atoms with E-state index in [9.17, 15) is 4.79 Å². The van der Waals surface area contributed by atoms with Crippen molar-refractivity contribution in [2.24, 2.45) is 5.92 Å². The minimum absolute atomic E-state index is 0.0263. The Kier molecular flexibility index (Phi) is 20.2. The molecule has 2 atom stereocenters. The molecule has 0 radical (unpaired) electrons. The number of rotatable bonds is 25. The molecule has 0 spiro atoms. The second kappa shape index (κ2) is 22.6. The summed E-state index contributed by atoms with van der Waals surface area (Å²) in [6, 6.07) is 15.1. The average molecular weight is 741 g/mol. The lowest BCUT2D eigenvalue weighted by Crippen LogP contribution is -2.32. The maximum Gasteiger partial charge on any atom is 0.340 e. The Hall–Kier alpha value is -0.850. The number of hydrogen-bond donors (Lipinski definition) is 1. The summed E-state index contributed by atoms with van der Waals surface area (Å²) < 4.78 is 11.2. The van der Waals surface area contributed by atoms with Gasteiger partial charge in [0.2, 0.25) is 4.33 Å². The zero-order valence-electron chi connectivity index (χ0n) is 25.1. The highest BCUT2D eigenvalue weighted by Gasteiger charge is 2.32. The third kappa shape index (κ3) is 17.4. The van der Waals surface area contributed by atoms with Gasteiger partial charge in [-0.25, -0.2) is 4.79 Å². The van der Waals surface area contributed by atoms with Crippen molar-refractivity contribution in [1.82, 2.24) is 0 Å². The van der Waals surface area contributed by atoms with Gasteiger partial charge in [0.05, 0.1) is 6.61 Å². The molecule has 9 heteroatoms. The van der Waals surface area contributed by atoms with Crippen LogP contribution in [0.5, 0.6) is 11.5 Å². The molecular formula is C34H47BrCl4O4. The van der Waals surface area contributed by atoms with Gasteiger partial charge in [-0.1, -0.05) is 127 Å². The summed E-state index contributed by atoms with van der Waals surface area (Å²) in [5.41, 5.74) is 0. The summed E-state index contributed by atoms with van der Waals surface area (Å²) in [7, 11) is 0. The predicted molar refractivity (Wildman–Crippen MR) is 186 cm³/mol. The van der Waals surface area contributed by atoms with Crippen molar-refractivity contribution in [3.8, 4) is 11.5 Å². The Morgan fingerprint density at radius 3 is 1.70 bits per heavy atom. The zero-order chi connectivity index (χ0) is 31.3. The Morgan fingerprint density at radius 2 is 1.16 bits per heavy atom. The molecule has 2 rings (SSSR count). The summed E-state index contributed by atoms with van der Waals surface area (Å²) in [5, 5.41) is 11.5. The molecule has 0 amide bonds. The van der Waals surface area contributed by atoms with Crippen molar-refractivity contribution in [3.63, 3.8) is 0 Å². The number of hydrogen-bond acceptors (Lipinski definition) is 3. The minimum atomic E-state index is -1.69. The Balaban J connectivity index is 1.95. The van der Waals surface area contributed by atoms with Gasteiger partial charge in [-0.2, -0.15) is 0 Å². The second-order valence-corrected chi connectivity index (χ2v) is 14.4. The quantitative estimate of drug-likeness (QED) is 0.0813. The summed E-state index contributed by atoms with van der Waals surface area (Å²) in [6.07, 6.45) is 16.8. The predicted octanol–water partition coefficient (Wildman–Crippen LogP) is 12.3. The van der Waals surface area contributed by atoms with Crippen LogP contribution >= 0.6 is 62.3 Å². The van der Waals surface area contributed by atoms with Crippen LogP contribution in [0.15, 0.2) is 48.5 Å². The Labute approximate surface area is 287 Å². The number of ether oxygens (including phenoxy) is 2. The molecule has 0 aliphatic carbocycles. The fourth-order valence-corrected chi connectivity index (χ4v) is 6.00. The Bertz CT molecular complexity index is 1000. The molecule has 0 saturated carbocycles. The molecule has 1 N–H and O–H groups in total. The molecular weight excluding hydrogens is 694 g/mol. The van der Waals surface area contributed by atoms with Crippen molar-refractivity contribution < 1.29 is 19.4 Å². The van der Waals surface area contributed by atoms with E-state index in [1.807, 2.05) is 48.5 Å². The lowest BCUT2D eigenvalue weighted by Gasteiger charge is -2.28. The van der Waals surface area contributed by atoms with E-state index >= 15 is 0 Å². The van der Waals surface area contributed by atoms with Crippen molar-refractivity contribution in [3.05, 3.63) is 58.6 Å². The molecule has 43 heavy (non-hydrogen) atoms. The summed E-state index contributed by atoms with van der Waals surface area (Å²) >= 11 is 27.4. The van der Waals surface area contributed by atoms with E-state index in [2.05, 4.69) is 15.9 Å². The first kappa shape index (κ1) is 38.3. The molecule has 2 aromatic rings. The molecule has 0 aromatic heterocycles. The summed E-state index contributed by atoms with van der Waals surface area (Å²) in [5.74, 6) is 0.674. The molecule has 0 aliphatic rings. The number of unbranched alkanes of at least 4 members (excludes halogenated alkanes) is 11. The molecule has 242 valence electrons. The van der Waals surface area contributed by atoms with E-state index in [1.165, 1.54) is 38.5 Å². The highest BCUT2D eigenvalue weighted by atomic mass is 79.9. The number of benzene rings is 2. The second-order valence-electron chi connectivity index (χ2n) is 11.3. The standard InChI is InChI=1S/C34H47BrCl4O4/c35-25-13-9-5-1-2-7-11-15-32(43-31-22-18-29(37)19-23-31)27(26-42-30-20-16-28(36)17-21-30)14-10-6-3-4-8-12-24-34(38,39)33(40)41/h16-23,27,32H,1-15,24-26H2,(H,40,41). The highest BCUT2D eigenvalue weighted by molar-refractivity contribution is 9.09. The maximum absolute atomic E-state index is 11.1. The number of aliphatic carboxylic acids is 1. The topological polar surface area (TPSA) is 55.8 Å². The van der Waals surface area contributed by atoms with Gasteiger partial charge >= 0.3 is 5.97 Å². The third-order valence-corrected chi connectivity index (χ3v) is 9.42. The highest BCUT2D eigenvalue weighted by Crippen LogP contribution is 2.30. The number of carboxylic acids is 1. The van der Waals surface area contributed by atoms with Gasteiger partial charge in [-0.15, -0.1) is 0 Å². The van der Waals surface area contributed by atoms with Crippen molar-refractivity contribution in [2.75, 3.05) is 11.9 Å². The van der Waals surface area contributed by atoms with Gasteiger partial charge in [0, 0.05) is 21.3 Å². The molecule has 0 bridgehead atoms. The van der Waals surface area contributed by atoms with Gasteiger partial charge in [-0.05, 0) is 87.1 Å². The van der Waals surface area contributed by atoms with Crippen LogP contribution in [0, 0.1) is 5.92 Å². The first-order valence-corrected chi connectivity index (χ1v) is 18.3. The fraction of sp³-hybridized carbons (Fsp3) is 0.618. The number of halogens is 5.